The Morgan fingerprint density at radius 1 is 1.47 bits per heavy atom. The molecule has 1 nitrogen and oxygen atoms in total. The second-order valence-corrected chi connectivity index (χ2v) is 5.21. The summed E-state index contributed by atoms with van der Waals surface area (Å²) < 4.78 is 13.1. The van der Waals surface area contributed by atoms with Crippen LogP contribution in [0.5, 0.6) is 0 Å². The van der Waals surface area contributed by atoms with E-state index in [1.54, 1.807) is 6.07 Å². The first-order chi connectivity index (χ1) is 6.98. The Labute approximate surface area is 94.4 Å². The van der Waals surface area contributed by atoms with Gasteiger partial charge >= 0.3 is 0 Å². The average molecular weight is 228 g/mol. The molecule has 1 aromatic rings. The predicted molar refractivity (Wildman–Crippen MR) is 60.5 cm³/mol. The number of hydrogen-bond donors (Lipinski definition) is 1. The average Bonchev–Trinajstić information content (AvgIpc) is 2.72. The van der Waals surface area contributed by atoms with E-state index < -0.39 is 0 Å². The minimum absolute atomic E-state index is 0.145. The first kappa shape index (κ1) is 10.9. The van der Waals surface area contributed by atoms with Gasteiger partial charge in [-0.1, -0.05) is 25.4 Å². The second kappa shape index (κ2) is 3.46. The molecule has 1 aliphatic rings. The van der Waals surface area contributed by atoms with Gasteiger partial charge in [-0.15, -0.1) is 0 Å². The van der Waals surface area contributed by atoms with Gasteiger partial charge in [0.2, 0.25) is 0 Å². The molecule has 1 aliphatic carbocycles. The lowest BCUT2D eigenvalue weighted by atomic mass is 10.0. The van der Waals surface area contributed by atoms with Crippen LogP contribution in [-0.4, -0.2) is 6.54 Å². The Kier molecular flexibility index (Phi) is 2.52. The van der Waals surface area contributed by atoms with Crippen LogP contribution in [0.2, 0.25) is 5.02 Å². The molecule has 15 heavy (non-hydrogen) atoms. The zero-order chi connectivity index (χ0) is 11.2. The molecule has 2 atom stereocenters. The van der Waals surface area contributed by atoms with Gasteiger partial charge in [-0.2, -0.15) is 0 Å². The lowest BCUT2D eigenvalue weighted by Crippen LogP contribution is -2.05. The van der Waals surface area contributed by atoms with E-state index in [2.05, 4.69) is 13.8 Å². The van der Waals surface area contributed by atoms with Crippen LogP contribution in [0.1, 0.15) is 25.3 Å². The number of hydrogen-bond acceptors (Lipinski definition) is 1. The number of benzene rings is 1. The van der Waals surface area contributed by atoms with Crippen molar-refractivity contribution in [2.24, 2.45) is 17.1 Å². The maximum Gasteiger partial charge on any atom is 0.123 e. The van der Waals surface area contributed by atoms with Gasteiger partial charge in [-0.3, -0.25) is 0 Å². The first-order valence-electron chi connectivity index (χ1n) is 5.13. The molecule has 0 aliphatic heterocycles. The van der Waals surface area contributed by atoms with E-state index >= 15 is 0 Å². The van der Waals surface area contributed by atoms with Crippen molar-refractivity contribution in [3.63, 3.8) is 0 Å². The van der Waals surface area contributed by atoms with Crippen molar-refractivity contribution in [1.82, 2.24) is 0 Å². The summed E-state index contributed by atoms with van der Waals surface area (Å²) in [6.45, 7) is 4.93. The fraction of sp³-hybridized carbons (Fsp3) is 0.500. The standard InChI is InChI=1S/C12H15ClFN/c1-12(2)9(6-15)11(12)8-5-7(14)3-4-10(8)13/h3-5,9,11H,6,15H2,1-2H3/t9-,11-/m0/s1. The summed E-state index contributed by atoms with van der Waals surface area (Å²) in [6.07, 6.45) is 0. The molecule has 82 valence electrons. The molecule has 2 rings (SSSR count). The molecule has 0 amide bonds. The number of rotatable bonds is 2. The lowest BCUT2D eigenvalue weighted by molar-refractivity contribution is 0.558. The maximum atomic E-state index is 13.1. The molecule has 0 heterocycles. The van der Waals surface area contributed by atoms with Crippen LogP contribution in [0, 0.1) is 17.2 Å². The van der Waals surface area contributed by atoms with Gasteiger partial charge in [-0.05, 0) is 47.6 Å². The third kappa shape index (κ3) is 1.66. The van der Waals surface area contributed by atoms with Crippen molar-refractivity contribution >= 4 is 11.6 Å². The monoisotopic (exact) mass is 227 g/mol. The van der Waals surface area contributed by atoms with Gasteiger partial charge in [-0.25, -0.2) is 4.39 Å². The minimum Gasteiger partial charge on any atom is -0.330 e. The normalized spacial score (nSPS) is 27.8. The van der Waals surface area contributed by atoms with E-state index in [1.807, 2.05) is 0 Å². The summed E-state index contributed by atoms with van der Waals surface area (Å²) in [5, 5.41) is 0.644. The van der Waals surface area contributed by atoms with E-state index in [0.29, 0.717) is 23.4 Å². The zero-order valence-corrected chi connectivity index (χ0v) is 9.68. The number of nitrogens with two attached hydrogens (primary N) is 1. The summed E-state index contributed by atoms with van der Waals surface area (Å²) in [4.78, 5) is 0. The van der Waals surface area contributed by atoms with Crippen molar-refractivity contribution in [2.45, 2.75) is 19.8 Å². The molecule has 1 aromatic carbocycles. The van der Waals surface area contributed by atoms with Crippen LogP contribution in [0.15, 0.2) is 18.2 Å². The summed E-state index contributed by atoms with van der Waals surface area (Å²) in [5.74, 6) is 0.482. The topological polar surface area (TPSA) is 26.0 Å². The molecule has 0 bridgehead atoms. The predicted octanol–water partition coefficient (Wildman–Crippen LogP) is 3.18. The molecule has 3 heteroatoms. The molecule has 0 spiro atoms. The Balaban J connectivity index is 2.36. The molecule has 1 fully saturated rings. The summed E-state index contributed by atoms with van der Waals surface area (Å²) in [6, 6.07) is 4.54. The Morgan fingerprint density at radius 3 is 2.67 bits per heavy atom. The quantitative estimate of drug-likeness (QED) is 0.825. The highest BCUT2D eigenvalue weighted by molar-refractivity contribution is 6.31. The summed E-state index contributed by atoms with van der Waals surface area (Å²) in [5.41, 5.74) is 6.73. The minimum atomic E-state index is -0.229. The smallest absolute Gasteiger partial charge is 0.123 e. The van der Waals surface area contributed by atoms with E-state index in [-0.39, 0.29) is 11.2 Å². The highest BCUT2D eigenvalue weighted by Crippen LogP contribution is 2.64. The van der Waals surface area contributed by atoms with Crippen molar-refractivity contribution < 1.29 is 4.39 Å². The fourth-order valence-corrected chi connectivity index (χ4v) is 2.79. The van der Waals surface area contributed by atoms with Crippen LogP contribution in [-0.2, 0) is 0 Å². The van der Waals surface area contributed by atoms with Crippen molar-refractivity contribution in [3.05, 3.63) is 34.6 Å². The molecule has 2 N–H and O–H groups in total. The highest BCUT2D eigenvalue weighted by atomic mass is 35.5. The van der Waals surface area contributed by atoms with Gasteiger partial charge in [0.25, 0.3) is 0 Å². The second-order valence-electron chi connectivity index (χ2n) is 4.81. The summed E-state index contributed by atoms with van der Waals surface area (Å²) >= 11 is 6.07. The van der Waals surface area contributed by atoms with Crippen LogP contribution >= 0.6 is 11.6 Å². The van der Waals surface area contributed by atoms with E-state index in [0.717, 1.165) is 5.56 Å². The van der Waals surface area contributed by atoms with E-state index in [4.69, 9.17) is 17.3 Å². The van der Waals surface area contributed by atoms with Gasteiger partial charge in [0, 0.05) is 5.02 Å². The first-order valence-corrected chi connectivity index (χ1v) is 5.51. The molecule has 0 radical (unpaired) electrons. The van der Waals surface area contributed by atoms with Crippen molar-refractivity contribution in [3.8, 4) is 0 Å². The van der Waals surface area contributed by atoms with Crippen molar-refractivity contribution in [2.75, 3.05) is 6.54 Å². The molecule has 0 saturated heterocycles. The Hall–Kier alpha value is -0.600. The Morgan fingerprint density at radius 2 is 2.13 bits per heavy atom. The molecule has 1 saturated carbocycles. The largest absolute Gasteiger partial charge is 0.330 e. The highest BCUT2D eigenvalue weighted by Gasteiger charge is 2.57. The number of halogens is 2. The molecular weight excluding hydrogens is 213 g/mol. The van der Waals surface area contributed by atoms with Gasteiger partial charge in [0.15, 0.2) is 0 Å². The zero-order valence-electron chi connectivity index (χ0n) is 8.93. The lowest BCUT2D eigenvalue weighted by Gasteiger charge is -2.05. The van der Waals surface area contributed by atoms with Crippen LogP contribution in [0.3, 0.4) is 0 Å². The third-order valence-corrected chi connectivity index (χ3v) is 3.94. The SMILES string of the molecule is CC1(C)[C@@H](CN)[C@@H]1c1cc(F)ccc1Cl. The third-order valence-electron chi connectivity index (χ3n) is 3.60. The molecular formula is C12H15ClFN. The van der Waals surface area contributed by atoms with Crippen LogP contribution < -0.4 is 5.73 Å². The maximum absolute atomic E-state index is 13.1. The Bertz CT molecular complexity index is 389. The van der Waals surface area contributed by atoms with Crippen LogP contribution in [0.4, 0.5) is 4.39 Å². The molecule has 0 unspecified atom stereocenters. The summed E-state index contributed by atoms with van der Waals surface area (Å²) in [7, 11) is 0. The van der Waals surface area contributed by atoms with Crippen LogP contribution in [0.25, 0.3) is 0 Å². The van der Waals surface area contributed by atoms with Gasteiger partial charge in [0.05, 0.1) is 0 Å². The van der Waals surface area contributed by atoms with Crippen molar-refractivity contribution in [1.29, 1.82) is 0 Å². The fourth-order valence-electron chi connectivity index (χ4n) is 2.55. The van der Waals surface area contributed by atoms with E-state index in [1.165, 1.54) is 12.1 Å². The molecule has 0 aromatic heterocycles. The van der Waals surface area contributed by atoms with Gasteiger partial charge in [0.1, 0.15) is 5.82 Å². The van der Waals surface area contributed by atoms with Gasteiger partial charge < -0.3 is 5.73 Å². The van der Waals surface area contributed by atoms with E-state index in [9.17, 15) is 4.39 Å².